The Bertz CT molecular complexity index is 397. The molecule has 0 saturated heterocycles. The highest BCUT2D eigenvalue weighted by atomic mass is 35.5. The van der Waals surface area contributed by atoms with E-state index in [4.69, 9.17) is 11.6 Å². The van der Waals surface area contributed by atoms with Crippen LogP contribution in [0.2, 0.25) is 0 Å². The molecule has 0 nitrogen and oxygen atoms in total. The van der Waals surface area contributed by atoms with E-state index in [9.17, 15) is 13.2 Å². The van der Waals surface area contributed by atoms with Crippen molar-refractivity contribution in [1.29, 1.82) is 0 Å². The molecule has 0 fully saturated rings. The number of hydrogen-bond acceptors (Lipinski definition) is 0. The zero-order valence-electron chi connectivity index (χ0n) is 10.8. The monoisotopic (exact) mass is 278 g/mol. The normalized spacial score (nSPS) is 14.0. The standard InChI is InChI=1S/C14H18ClF3/c1-9(2)4-7-13(15)12-6-5-11(8-10(12)3)14(16,17)18/h5-6,8-9,13H,4,7H2,1-3H3. The molecule has 0 aromatic heterocycles. The van der Waals surface area contributed by atoms with Gasteiger partial charge in [-0.1, -0.05) is 19.9 Å². The molecule has 0 N–H and O–H groups in total. The molecule has 0 saturated carbocycles. The summed E-state index contributed by atoms with van der Waals surface area (Å²) >= 11 is 6.24. The molecule has 18 heavy (non-hydrogen) atoms. The van der Waals surface area contributed by atoms with E-state index in [-0.39, 0.29) is 5.38 Å². The van der Waals surface area contributed by atoms with Gasteiger partial charge in [0.05, 0.1) is 10.9 Å². The maximum atomic E-state index is 12.5. The molecule has 0 amide bonds. The van der Waals surface area contributed by atoms with Crippen molar-refractivity contribution in [3.05, 3.63) is 34.9 Å². The second-order valence-corrected chi connectivity index (χ2v) is 5.53. The molecule has 1 rings (SSSR count). The quantitative estimate of drug-likeness (QED) is 0.617. The largest absolute Gasteiger partial charge is 0.416 e. The van der Waals surface area contributed by atoms with Crippen molar-refractivity contribution in [3.63, 3.8) is 0 Å². The van der Waals surface area contributed by atoms with Gasteiger partial charge in [-0.05, 0) is 48.9 Å². The first kappa shape index (κ1) is 15.4. The first-order chi connectivity index (χ1) is 8.21. The van der Waals surface area contributed by atoms with E-state index < -0.39 is 11.7 Å². The van der Waals surface area contributed by atoms with Gasteiger partial charge < -0.3 is 0 Å². The van der Waals surface area contributed by atoms with Crippen molar-refractivity contribution in [3.8, 4) is 0 Å². The molecular weight excluding hydrogens is 261 g/mol. The second kappa shape index (κ2) is 5.96. The molecule has 0 aliphatic rings. The molecule has 0 heterocycles. The van der Waals surface area contributed by atoms with Crippen LogP contribution in [0.3, 0.4) is 0 Å². The van der Waals surface area contributed by atoms with Crippen molar-refractivity contribution >= 4 is 11.6 Å². The molecular formula is C14H18ClF3. The van der Waals surface area contributed by atoms with Gasteiger partial charge in [-0.3, -0.25) is 0 Å². The fourth-order valence-electron chi connectivity index (χ4n) is 1.84. The van der Waals surface area contributed by atoms with Crippen molar-refractivity contribution in [2.45, 2.75) is 45.2 Å². The lowest BCUT2D eigenvalue weighted by molar-refractivity contribution is -0.137. The van der Waals surface area contributed by atoms with Gasteiger partial charge in [-0.15, -0.1) is 11.6 Å². The molecule has 1 aromatic carbocycles. The Hall–Kier alpha value is -0.700. The number of hydrogen-bond donors (Lipinski definition) is 0. The van der Waals surface area contributed by atoms with Gasteiger partial charge in [0.15, 0.2) is 0 Å². The number of halogens is 4. The van der Waals surface area contributed by atoms with Crippen LogP contribution in [0.25, 0.3) is 0 Å². The lowest BCUT2D eigenvalue weighted by Crippen LogP contribution is -2.06. The molecule has 0 aliphatic carbocycles. The van der Waals surface area contributed by atoms with Gasteiger partial charge in [0.25, 0.3) is 0 Å². The van der Waals surface area contributed by atoms with Crippen LogP contribution in [-0.2, 0) is 6.18 Å². The maximum Gasteiger partial charge on any atom is 0.416 e. The molecule has 0 spiro atoms. The third-order valence-electron chi connectivity index (χ3n) is 2.93. The SMILES string of the molecule is Cc1cc(C(F)(F)F)ccc1C(Cl)CCC(C)C. The molecule has 0 aliphatic heterocycles. The van der Waals surface area contributed by atoms with Crippen molar-refractivity contribution in [1.82, 2.24) is 0 Å². The third-order valence-corrected chi connectivity index (χ3v) is 3.39. The van der Waals surface area contributed by atoms with E-state index in [1.807, 2.05) is 0 Å². The van der Waals surface area contributed by atoms with Gasteiger partial charge in [-0.2, -0.15) is 13.2 Å². The van der Waals surface area contributed by atoms with Crippen molar-refractivity contribution in [2.75, 3.05) is 0 Å². The summed E-state index contributed by atoms with van der Waals surface area (Å²) in [5, 5.41) is -0.213. The van der Waals surface area contributed by atoms with Gasteiger partial charge in [0.1, 0.15) is 0 Å². The summed E-state index contributed by atoms with van der Waals surface area (Å²) in [6.07, 6.45) is -2.54. The number of rotatable bonds is 4. The van der Waals surface area contributed by atoms with Crippen LogP contribution >= 0.6 is 11.6 Å². The van der Waals surface area contributed by atoms with Crippen LogP contribution in [0.1, 0.15) is 48.8 Å². The predicted octanol–water partition coefficient (Wildman–Crippen LogP) is 5.73. The maximum absolute atomic E-state index is 12.5. The summed E-state index contributed by atoms with van der Waals surface area (Å²) in [6, 6.07) is 3.77. The molecule has 1 atom stereocenters. The average molecular weight is 279 g/mol. The van der Waals surface area contributed by atoms with Crippen LogP contribution in [-0.4, -0.2) is 0 Å². The van der Waals surface area contributed by atoms with Crippen LogP contribution in [0.15, 0.2) is 18.2 Å². The fourth-order valence-corrected chi connectivity index (χ4v) is 2.21. The summed E-state index contributed by atoms with van der Waals surface area (Å²) in [6.45, 7) is 5.88. The second-order valence-electron chi connectivity index (χ2n) is 5.01. The minimum absolute atomic E-state index is 0.213. The van der Waals surface area contributed by atoms with Crippen molar-refractivity contribution in [2.24, 2.45) is 5.92 Å². The van der Waals surface area contributed by atoms with Crippen LogP contribution in [0.5, 0.6) is 0 Å². The van der Waals surface area contributed by atoms with Gasteiger partial charge in [-0.25, -0.2) is 0 Å². The van der Waals surface area contributed by atoms with Crippen molar-refractivity contribution < 1.29 is 13.2 Å². The first-order valence-corrected chi connectivity index (χ1v) is 6.47. The summed E-state index contributed by atoms with van der Waals surface area (Å²) in [7, 11) is 0. The molecule has 102 valence electrons. The Kier molecular flexibility index (Phi) is 5.09. The lowest BCUT2D eigenvalue weighted by atomic mass is 9.97. The molecule has 4 heteroatoms. The predicted molar refractivity (Wildman–Crippen MR) is 68.8 cm³/mol. The van der Waals surface area contributed by atoms with E-state index >= 15 is 0 Å². The highest BCUT2D eigenvalue weighted by molar-refractivity contribution is 6.20. The van der Waals surface area contributed by atoms with E-state index in [0.29, 0.717) is 11.5 Å². The molecule has 0 radical (unpaired) electrons. The number of benzene rings is 1. The highest BCUT2D eigenvalue weighted by Gasteiger charge is 2.30. The zero-order valence-corrected chi connectivity index (χ0v) is 11.6. The van der Waals surface area contributed by atoms with Gasteiger partial charge >= 0.3 is 6.18 Å². The Morgan fingerprint density at radius 3 is 2.22 bits per heavy atom. The highest BCUT2D eigenvalue weighted by Crippen LogP contribution is 2.34. The van der Waals surface area contributed by atoms with Crippen LogP contribution < -0.4 is 0 Å². The Balaban J connectivity index is 2.85. The summed E-state index contributed by atoms with van der Waals surface area (Å²) in [5.41, 5.74) is 0.787. The fraction of sp³-hybridized carbons (Fsp3) is 0.571. The average Bonchev–Trinajstić information content (AvgIpc) is 2.24. The van der Waals surface area contributed by atoms with Crippen LogP contribution in [0, 0.1) is 12.8 Å². The Labute approximate surface area is 111 Å². The summed E-state index contributed by atoms with van der Waals surface area (Å²) in [4.78, 5) is 0. The van der Waals surface area contributed by atoms with Gasteiger partial charge in [0, 0.05) is 0 Å². The van der Waals surface area contributed by atoms with Crippen LogP contribution in [0.4, 0.5) is 13.2 Å². The molecule has 1 unspecified atom stereocenters. The van der Waals surface area contributed by atoms with E-state index in [1.165, 1.54) is 12.1 Å². The minimum atomic E-state index is -4.29. The van der Waals surface area contributed by atoms with E-state index in [2.05, 4.69) is 13.8 Å². The van der Waals surface area contributed by atoms with E-state index in [0.717, 1.165) is 24.5 Å². The number of aryl methyl sites for hydroxylation is 1. The summed E-state index contributed by atoms with van der Waals surface area (Å²) in [5.74, 6) is 0.543. The smallest absolute Gasteiger partial charge is 0.166 e. The lowest BCUT2D eigenvalue weighted by Gasteiger charge is -2.16. The molecule has 1 aromatic rings. The van der Waals surface area contributed by atoms with E-state index in [1.54, 1.807) is 6.92 Å². The minimum Gasteiger partial charge on any atom is -0.166 e. The number of alkyl halides is 4. The Morgan fingerprint density at radius 1 is 1.17 bits per heavy atom. The summed E-state index contributed by atoms with van der Waals surface area (Å²) < 4.78 is 37.6. The third kappa shape index (κ3) is 4.20. The molecule has 0 bridgehead atoms. The Morgan fingerprint density at radius 2 is 1.78 bits per heavy atom. The topological polar surface area (TPSA) is 0 Å². The zero-order chi connectivity index (χ0) is 13.9. The van der Waals surface area contributed by atoms with Gasteiger partial charge in [0.2, 0.25) is 0 Å². The first-order valence-electron chi connectivity index (χ1n) is 6.03.